The molecular weight excluding hydrogens is 184 g/mol. The van der Waals surface area contributed by atoms with E-state index in [1.54, 1.807) is 0 Å². The van der Waals surface area contributed by atoms with Gasteiger partial charge in [-0.1, -0.05) is 32.3 Å². The third-order valence-corrected chi connectivity index (χ3v) is 3.69. The average molecular weight is 210 g/mol. The Balaban J connectivity index is 2.03. The van der Waals surface area contributed by atoms with Gasteiger partial charge in [-0.25, -0.2) is 0 Å². The fraction of sp³-hybridized carbons (Fsp3) is 0.857. The molecular formula is C14H26O. The molecule has 0 saturated heterocycles. The lowest BCUT2D eigenvalue weighted by Gasteiger charge is -2.17. The number of hydrogen-bond donors (Lipinski definition) is 1. The summed E-state index contributed by atoms with van der Waals surface area (Å²) in [5, 5.41) is 10.0. The average Bonchev–Trinajstić information content (AvgIpc) is 2.64. The third-order valence-electron chi connectivity index (χ3n) is 3.69. The lowest BCUT2D eigenvalue weighted by atomic mass is 9.95. The van der Waals surface area contributed by atoms with Gasteiger partial charge in [0.1, 0.15) is 0 Å². The Hall–Kier alpha value is -0.300. The quantitative estimate of drug-likeness (QED) is 0.499. The maximum Gasteiger partial charge on any atom is 0.0568 e. The van der Waals surface area contributed by atoms with E-state index in [-0.39, 0.29) is 6.10 Å². The van der Waals surface area contributed by atoms with Crippen molar-refractivity contribution in [3.05, 3.63) is 12.7 Å². The summed E-state index contributed by atoms with van der Waals surface area (Å²) >= 11 is 0. The van der Waals surface area contributed by atoms with Crippen LogP contribution in [0.25, 0.3) is 0 Å². The van der Waals surface area contributed by atoms with Gasteiger partial charge in [-0.3, -0.25) is 0 Å². The van der Waals surface area contributed by atoms with Crippen LogP contribution in [0.2, 0.25) is 0 Å². The number of rotatable bonds is 7. The summed E-state index contributed by atoms with van der Waals surface area (Å²) < 4.78 is 0. The Kier molecular flexibility index (Phi) is 6.00. The smallest absolute Gasteiger partial charge is 0.0568 e. The van der Waals surface area contributed by atoms with Crippen molar-refractivity contribution in [3.63, 3.8) is 0 Å². The van der Waals surface area contributed by atoms with Crippen molar-refractivity contribution < 1.29 is 5.11 Å². The minimum atomic E-state index is -0.0290. The molecule has 1 aliphatic carbocycles. The standard InChI is InChI=1S/C14H26O/c1-3-4-5-6-7-8-14(15)13-10-9-12(2)11-13/h3,12-15H,1,4-11H2,2H3. The Morgan fingerprint density at radius 1 is 1.33 bits per heavy atom. The molecule has 0 aromatic carbocycles. The summed E-state index contributed by atoms with van der Waals surface area (Å²) in [5.41, 5.74) is 0. The van der Waals surface area contributed by atoms with Crippen LogP contribution in [-0.2, 0) is 0 Å². The van der Waals surface area contributed by atoms with Gasteiger partial charge in [0.25, 0.3) is 0 Å². The zero-order chi connectivity index (χ0) is 11.1. The van der Waals surface area contributed by atoms with Crippen LogP contribution in [0.15, 0.2) is 12.7 Å². The van der Waals surface area contributed by atoms with E-state index in [1.807, 2.05) is 6.08 Å². The number of aliphatic hydroxyl groups is 1. The van der Waals surface area contributed by atoms with Crippen molar-refractivity contribution in [3.8, 4) is 0 Å². The van der Waals surface area contributed by atoms with Gasteiger partial charge in [0, 0.05) is 0 Å². The van der Waals surface area contributed by atoms with Crippen LogP contribution in [-0.4, -0.2) is 11.2 Å². The Labute approximate surface area is 94.6 Å². The van der Waals surface area contributed by atoms with Crippen molar-refractivity contribution in [1.29, 1.82) is 0 Å². The number of unbranched alkanes of at least 4 members (excludes halogenated alkanes) is 3. The van der Waals surface area contributed by atoms with Crippen LogP contribution >= 0.6 is 0 Å². The van der Waals surface area contributed by atoms with Crippen LogP contribution in [0.5, 0.6) is 0 Å². The van der Waals surface area contributed by atoms with E-state index >= 15 is 0 Å². The lowest BCUT2D eigenvalue weighted by Crippen LogP contribution is -2.17. The topological polar surface area (TPSA) is 20.2 Å². The summed E-state index contributed by atoms with van der Waals surface area (Å²) in [4.78, 5) is 0. The van der Waals surface area contributed by atoms with E-state index in [0.717, 1.165) is 18.8 Å². The number of allylic oxidation sites excluding steroid dienone is 1. The molecule has 3 unspecified atom stereocenters. The summed E-state index contributed by atoms with van der Waals surface area (Å²) in [6.07, 6.45) is 11.5. The first-order valence-corrected chi connectivity index (χ1v) is 6.53. The second-order valence-corrected chi connectivity index (χ2v) is 5.17. The van der Waals surface area contributed by atoms with E-state index in [9.17, 15) is 5.11 Å². The molecule has 1 nitrogen and oxygen atoms in total. The van der Waals surface area contributed by atoms with Crippen molar-refractivity contribution in [2.24, 2.45) is 11.8 Å². The largest absolute Gasteiger partial charge is 0.393 e. The first kappa shape index (κ1) is 12.8. The normalized spacial score (nSPS) is 27.9. The maximum atomic E-state index is 10.0. The molecule has 1 rings (SSSR count). The molecule has 1 N–H and O–H groups in total. The van der Waals surface area contributed by atoms with Gasteiger partial charge in [0.05, 0.1) is 6.10 Å². The monoisotopic (exact) mass is 210 g/mol. The third kappa shape index (κ3) is 4.83. The molecule has 1 fully saturated rings. The molecule has 0 radical (unpaired) electrons. The van der Waals surface area contributed by atoms with E-state index in [1.165, 1.54) is 38.5 Å². The van der Waals surface area contributed by atoms with Crippen molar-refractivity contribution in [2.45, 2.75) is 64.4 Å². The second-order valence-electron chi connectivity index (χ2n) is 5.17. The SMILES string of the molecule is C=CCCCCCC(O)C1CCC(C)C1. The predicted molar refractivity (Wildman–Crippen MR) is 65.8 cm³/mol. The van der Waals surface area contributed by atoms with Crippen LogP contribution in [0.1, 0.15) is 58.3 Å². The van der Waals surface area contributed by atoms with Gasteiger partial charge in [0.2, 0.25) is 0 Å². The first-order valence-electron chi connectivity index (χ1n) is 6.53. The maximum absolute atomic E-state index is 10.0. The molecule has 0 aromatic heterocycles. The highest BCUT2D eigenvalue weighted by Crippen LogP contribution is 2.34. The van der Waals surface area contributed by atoms with Crippen molar-refractivity contribution >= 4 is 0 Å². The summed E-state index contributed by atoms with van der Waals surface area (Å²) in [6, 6.07) is 0. The second kappa shape index (κ2) is 7.05. The Bertz CT molecular complexity index is 176. The van der Waals surface area contributed by atoms with Crippen LogP contribution in [0.3, 0.4) is 0 Å². The molecule has 0 aromatic rings. The highest BCUT2D eigenvalue weighted by molar-refractivity contribution is 4.78. The van der Waals surface area contributed by atoms with E-state index in [0.29, 0.717) is 5.92 Å². The molecule has 0 heterocycles. The molecule has 0 aliphatic heterocycles. The Morgan fingerprint density at radius 3 is 2.73 bits per heavy atom. The molecule has 88 valence electrons. The van der Waals surface area contributed by atoms with Crippen molar-refractivity contribution in [1.82, 2.24) is 0 Å². The minimum Gasteiger partial charge on any atom is -0.393 e. The van der Waals surface area contributed by atoms with E-state index < -0.39 is 0 Å². The van der Waals surface area contributed by atoms with Gasteiger partial charge in [-0.05, 0) is 43.9 Å². The number of hydrogen-bond acceptors (Lipinski definition) is 1. The molecule has 0 bridgehead atoms. The fourth-order valence-corrected chi connectivity index (χ4v) is 2.66. The van der Waals surface area contributed by atoms with Crippen LogP contribution < -0.4 is 0 Å². The Morgan fingerprint density at radius 2 is 2.13 bits per heavy atom. The van der Waals surface area contributed by atoms with E-state index in [2.05, 4.69) is 13.5 Å². The minimum absolute atomic E-state index is 0.0290. The first-order chi connectivity index (χ1) is 7.24. The van der Waals surface area contributed by atoms with Crippen molar-refractivity contribution in [2.75, 3.05) is 0 Å². The zero-order valence-corrected chi connectivity index (χ0v) is 10.1. The summed E-state index contributed by atoms with van der Waals surface area (Å²) in [6.45, 7) is 6.02. The fourth-order valence-electron chi connectivity index (χ4n) is 2.66. The number of aliphatic hydroxyl groups excluding tert-OH is 1. The van der Waals surface area contributed by atoms with Gasteiger partial charge in [-0.15, -0.1) is 6.58 Å². The summed E-state index contributed by atoms with van der Waals surface area (Å²) in [5.74, 6) is 1.44. The molecule has 0 amide bonds. The molecule has 3 atom stereocenters. The van der Waals surface area contributed by atoms with Gasteiger partial charge < -0.3 is 5.11 Å². The van der Waals surface area contributed by atoms with Gasteiger partial charge in [0.15, 0.2) is 0 Å². The van der Waals surface area contributed by atoms with Crippen LogP contribution in [0, 0.1) is 11.8 Å². The molecule has 0 spiro atoms. The molecule has 1 heteroatoms. The van der Waals surface area contributed by atoms with Crippen LogP contribution in [0.4, 0.5) is 0 Å². The van der Waals surface area contributed by atoms with Gasteiger partial charge >= 0.3 is 0 Å². The molecule has 1 saturated carbocycles. The summed E-state index contributed by atoms with van der Waals surface area (Å²) in [7, 11) is 0. The highest BCUT2D eigenvalue weighted by atomic mass is 16.3. The lowest BCUT2D eigenvalue weighted by molar-refractivity contribution is 0.0972. The highest BCUT2D eigenvalue weighted by Gasteiger charge is 2.26. The van der Waals surface area contributed by atoms with E-state index in [4.69, 9.17) is 0 Å². The zero-order valence-electron chi connectivity index (χ0n) is 10.1. The molecule has 15 heavy (non-hydrogen) atoms. The van der Waals surface area contributed by atoms with Gasteiger partial charge in [-0.2, -0.15) is 0 Å². The predicted octanol–water partition coefficient (Wildman–Crippen LogP) is 3.92. The molecule has 1 aliphatic rings.